The molecule has 0 unspecified atom stereocenters. The molecule has 4 nitrogen and oxygen atoms in total. The van der Waals surface area contributed by atoms with Crippen LogP contribution in [-0.4, -0.2) is 0 Å². The first kappa shape index (κ1) is 17.0. The van der Waals surface area contributed by atoms with Crippen molar-refractivity contribution in [3.8, 4) is 20.9 Å². The van der Waals surface area contributed by atoms with E-state index in [1.165, 1.54) is 20.9 Å². The van der Waals surface area contributed by atoms with Crippen molar-refractivity contribution in [3.63, 3.8) is 0 Å². The van der Waals surface area contributed by atoms with E-state index in [2.05, 4.69) is 65.4 Å². The lowest BCUT2D eigenvalue weighted by atomic mass is 10.1. The van der Waals surface area contributed by atoms with Gasteiger partial charge in [0.2, 0.25) is 4.69 Å². The first-order chi connectivity index (χ1) is 10.4. The molecule has 114 valence electrons. The second-order valence-corrected chi connectivity index (χ2v) is 6.91. The molecule has 0 saturated carbocycles. The Morgan fingerprint density at radius 1 is 0.727 bits per heavy atom. The molecular formula is C15H11ClO4S2. The molecule has 22 heavy (non-hydrogen) atoms. The number of hydrogen-bond acceptors (Lipinski definition) is 5. The molecule has 0 aliphatic heterocycles. The molecule has 7 heteroatoms. The summed E-state index contributed by atoms with van der Waals surface area (Å²) in [5, 5.41) is 0. The maximum Gasteiger partial charge on any atom is 0.243 e. The second kappa shape index (κ2) is 7.75. The highest BCUT2D eigenvalue weighted by Gasteiger charge is 2.18. The van der Waals surface area contributed by atoms with Crippen LogP contribution in [0.3, 0.4) is 0 Å². The molecular weight excluding hydrogens is 344 g/mol. The van der Waals surface area contributed by atoms with Gasteiger partial charge in [-0.1, -0.05) is 60.7 Å². The van der Waals surface area contributed by atoms with E-state index in [0.29, 0.717) is 0 Å². The van der Waals surface area contributed by atoms with E-state index in [-0.39, 0.29) is 0 Å². The van der Waals surface area contributed by atoms with E-state index >= 15 is 0 Å². The minimum atomic E-state index is -4.94. The highest BCUT2D eigenvalue weighted by molar-refractivity contribution is 7.32. The zero-order valence-corrected chi connectivity index (χ0v) is 13.6. The topological polar surface area (TPSA) is 92.2 Å². The minimum absolute atomic E-state index is 1.30. The fraction of sp³-hybridized carbons (Fsp3) is 0. The predicted octanol–water partition coefficient (Wildman–Crippen LogP) is 0.669. The van der Waals surface area contributed by atoms with Gasteiger partial charge in [0.1, 0.15) is 0 Å². The van der Waals surface area contributed by atoms with E-state index in [1.807, 2.05) is 22.7 Å². The van der Waals surface area contributed by atoms with Gasteiger partial charge < -0.3 is 0 Å². The molecule has 0 saturated heterocycles. The monoisotopic (exact) mass is 354 g/mol. The summed E-state index contributed by atoms with van der Waals surface area (Å²) in [7, 11) is -4.94. The third-order valence-corrected chi connectivity index (χ3v) is 4.86. The fourth-order valence-corrected chi connectivity index (χ4v) is 4.05. The number of rotatable bonds is 2. The summed E-state index contributed by atoms with van der Waals surface area (Å²) in [6.45, 7) is 0. The number of hydrogen-bond donors (Lipinski definition) is 0. The van der Waals surface area contributed by atoms with Crippen LogP contribution < -0.4 is 18.6 Å². The van der Waals surface area contributed by atoms with Gasteiger partial charge >= 0.3 is 0 Å². The van der Waals surface area contributed by atoms with E-state index < -0.39 is 10.2 Å². The SMILES string of the molecule is [O-][Cl+3]([O-])([O-])[O-].c1ccc(-c2sc[s+]c2-c2ccccc2)cc1. The lowest BCUT2D eigenvalue weighted by Gasteiger charge is -2.17. The van der Waals surface area contributed by atoms with Crippen molar-refractivity contribution in [1.29, 1.82) is 0 Å². The van der Waals surface area contributed by atoms with Crippen LogP contribution >= 0.6 is 22.7 Å². The van der Waals surface area contributed by atoms with Gasteiger partial charge in [0.25, 0.3) is 0 Å². The molecule has 0 atom stereocenters. The summed E-state index contributed by atoms with van der Waals surface area (Å²) in [6.07, 6.45) is 0. The first-order valence-corrected chi connectivity index (χ1v) is 9.06. The van der Waals surface area contributed by atoms with Crippen LogP contribution in [0.2, 0.25) is 0 Å². The Morgan fingerprint density at radius 3 is 1.68 bits per heavy atom. The van der Waals surface area contributed by atoms with Crippen LogP contribution in [0, 0.1) is 10.2 Å². The summed E-state index contributed by atoms with van der Waals surface area (Å²) in [6, 6.07) is 21.2. The molecule has 2 aromatic carbocycles. The molecule has 0 amide bonds. The van der Waals surface area contributed by atoms with Gasteiger partial charge in [0, 0.05) is 11.1 Å². The third kappa shape index (κ3) is 5.43. The standard InChI is InChI=1S/C15H11S2.ClHO4/c1-3-7-12(8-4-1)14-15(17-11-16-14)13-9-5-2-6-10-13;2-1(3,4)5/h1-11H;(H,2,3,4,5)/q+1;/p-1. The van der Waals surface area contributed by atoms with Gasteiger partial charge in [-0.2, -0.15) is 0 Å². The highest BCUT2D eigenvalue weighted by atomic mass is 35.7. The van der Waals surface area contributed by atoms with Crippen molar-refractivity contribution in [2.24, 2.45) is 0 Å². The highest BCUT2D eigenvalue weighted by Crippen LogP contribution is 2.39. The normalized spacial score (nSPS) is 10.7. The summed E-state index contributed by atoms with van der Waals surface area (Å²) in [5.41, 5.74) is 2.61. The molecule has 3 aromatic rings. The minimum Gasteiger partial charge on any atom is -0.222 e. The van der Waals surface area contributed by atoms with Crippen molar-refractivity contribution in [2.75, 3.05) is 0 Å². The summed E-state index contributed by atoms with van der Waals surface area (Å²) in [5.74, 6) is 0. The van der Waals surface area contributed by atoms with Gasteiger partial charge in [0.15, 0.2) is 9.75 Å². The maximum atomic E-state index is 8.49. The van der Waals surface area contributed by atoms with Crippen LogP contribution in [0.25, 0.3) is 20.9 Å². The van der Waals surface area contributed by atoms with Crippen LogP contribution in [-0.2, 0) is 0 Å². The number of halogens is 1. The molecule has 0 fully saturated rings. The van der Waals surface area contributed by atoms with E-state index in [0.717, 1.165) is 0 Å². The average molecular weight is 355 g/mol. The van der Waals surface area contributed by atoms with Crippen molar-refractivity contribution in [3.05, 3.63) is 65.4 Å². The van der Waals surface area contributed by atoms with Crippen LogP contribution in [0.1, 0.15) is 0 Å². The third-order valence-electron chi connectivity index (χ3n) is 2.61. The Balaban J connectivity index is 0.000000309. The predicted molar refractivity (Wildman–Crippen MR) is 77.5 cm³/mol. The largest absolute Gasteiger partial charge is 0.243 e. The van der Waals surface area contributed by atoms with Gasteiger partial charge in [0.05, 0.1) is 22.7 Å². The van der Waals surface area contributed by atoms with Gasteiger partial charge in [-0.05, 0) is 0 Å². The zero-order chi connectivity index (χ0) is 16.0. The van der Waals surface area contributed by atoms with Crippen LogP contribution in [0.15, 0.2) is 65.4 Å². The van der Waals surface area contributed by atoms with E-state index in [1.54, 1.807) is 0 Å². The Bertz CT molecular complexity index is 636. The average Bonchev–Trinajstić information content (AvgIpc) is 2.97. The lowest BCUT2D eigenvalue weighted by Crippen LogP contribution is -2.68. The maximum absolute atomic E-state index is 8.49. The van der Waals surface area contributed by atoms with Gasteiger partial charge in [-0.3, -0.25) is 0 Å². The summed E-state index contributed by atoms with van der Waals surface area (Å²) >= 11 is 3.63. The molecule has 0 bridgehead atoms. The number of benzene rings is 2. The Morgan fingerprint density at radius 2 is 1.18 bits per heavy atom. The van der Waals surface area contributed by atoms with Crippen molar-refractivity contribution < 1.29 is 28.9 Å². The molecule has 3 rings (SSSR count). The quantitative estimate of drug-likeness (QED) is 0.632. The Kier molecular flexibility index (Phi) is 5.98. The van der Waals surface area contributed by atoms with Crippen molar-refractivity contribution in [1.82, 2.24) is 0 Å². The second-order valence-electron chi connectivity index (χ2n) is 4.10. The molecule has 0 spiro atoms. The zero-order valence-electron chi connectivity index (χ0n) is 11.2. The molecule has 1 aromatic heterocycles. The van der Waals surface area contributed by atoms with Crippen LogP contribution in [0.4, 0.5) is 0 Å². The Hall–Kier alpha value is -1.38. The van der Waals surface area contributed by atoms with Gasteiger partial charge in [-0.25, -0.2) is 18.6 Å². The summed E-state index contributed by atoms with van der Waals surface area (Å²) in [4.78, 5) is 2.73. The molecule has 0 radical (unpaired) electrons. The molecule has 0 N–H and O–H groups in total. The van der Waals surface area contributed by atoms with E-state index in [4.69, 9.17) is 18.6 Å². The van der Waals surface area contributed by atoms with E-state index in [9.17, 15) is 0 Å². The van der Waals surface area contributed by atoms with Gasteiger partial charge in [-0.15, -0.1) is 10.2 Å². The summed E-state index contributed by atoms with van der Waals surface area (Å²) < 4.78 is 36.2. The fourth-order valence-electron chi connectivity index (χ4n) is 1.80. The lowest BCUT2D eigenvalue weighted by molar-refractivity contribution is -2.00. The molecule has 0 aliphatic carbocycles. The molecule has 0 aliphatic rings. The first-order valence-electron chi connectivity index (χ1n) is 6.07. The smallest absolute Gasteiger partial charge is 0.222 e. The Labute approximate surface area is 137 Å². The van der Waals surface area contributed by atoms with Crippen molar-refractivity contribution in [2.45, 2.75) is 0 Å². The molecule has 1 heterocycles. The van der Waals surface area contributed by atoms with Crippen molar-refractivity contribution >= 4 is 22.7 Å². The van der Waals surface area contributed by atoms with Crippen LogP contribution in [0.5, 0.6) is 0 Å².